The third kappa shape index (κ3) is 1.51. The molecule has 54 valence electrons. The summed E-state index contributed by atoms with van der Waals surface area (Å²) >= 11 is 0. The van der Waals surface area contributed by atoms with Crippen LogP contribution in [0.3, 0.4) is 0 Å². The Labute approximate surface area is 58.9 Å². The molecule has 0 fully saturated rings. The SMILES string of the molecule is NC[C@@H](F)c1ccccn1. The number of rotatable bonds is 2. The van der Waals surface area contributed by atoms with E-state index in [0.29, 0.717) is 5.69 Å². The number of halogens is 1. The molecule has 0 saturated carbocycles. The predicted molar refractivity (Wildman–Crippen MR) is 37.1 cm³/mol. The highest BCUT2D eigenvalue weighted by atomic mass is 19.1. The van der Waals surface area contributed by atoms with Crippen LogP contribution in [0.2, 0.25) is 0 Å². The Hall–Kier alpha value is -0.960. The fraction of sp³-hybridized carbons (Fsp3) is 0.286. The molecule has 0 aliphatic carbocycles. The highest BCUT2D eigenvalue weighted by molar-refractivity contribution is 5.06. The van der Waals surface area contributed by atoms with E-state index in [9.17, 15) is 4.39 Å². The number of hydrogen-bond donors (Lipinski definition) is 1. The summed E-state index contributed by atoms with van der Waals surface area (Å²) in [5.41, 5.74) is 5.50. The van der Waals surface area contributed by atoms with Crippen LogP contribution in [-0.4, -0.2) is 11.5 Å². The van der Waals surface area contributed by atoms with Gasteiger partial charge in [-0.15, -0.1) is 0 Å². The Morgan fingerprint density at radius 2 is 2.40 bits per heavy atom. The number of hydrogen-bond acceptors (Lipinski definition) is 2. The van der Waals surface area contributed by atoms with E-state index in [-0.39, 0.29) is 6.54 Å². The number of alkyl halides is 1. The van der Waals surface area contributed by atoms with Crippen LogP contribution in [0.25, 0.3) is 0 Å². The van der Waals surface area contributed by atoms with Gasteiger partial charge in [0.15, 0.2) is 6.17 Å². The molecule has 0 bridgehead atoms. The monoisotopic (exact) mass is 140 g/mol. The van der Waals surface area contributed by atoms with Crippen molar-refractivity contribution < 1.29 is 4.39 Å². The van der Waals surface area contributed by atoms with Crippen LogP contribution in [-0.2, 0) is 0 Å². The van der Waals surface area contributed by atoms with E-state index in [4.69, 9.17) is 5.73 Å². The molecule has 10 heavy (non-hydrogen) atoms. The Bertz CT molecular complexity index is 188. The molecule has 3 heteroatoms. The molecule has 1 aromatic heterocycles. The van der Waals surface area contributed by atoms with Crippen LogP contribution >= 0.6 is 0 Å². The van der Waals surface area contributed by atoms with Gasteiger partial charge in [-0.2, -0.15) is 0 Å². The minimum atomic E-state index is -1.12. The molecule has 0 saturated heterocycles. The van der Waals surface area contributed by atoms with Gasteiger partial charge in [0.1, 0.15) is 0 Å². The van der Waals surface area contributed by atoms with E-state index in [1.807, 2.05) is 0 Å². The second-order valence-electron chi connectivity index (χ2n) is 1.96. The summed E-state index contributed by atoms with van der Waals surface area (Å²) in [6, 6.07) is 5.11. The second-order valence-corrected chi connectivity index (χ2v) is 1.96. The van der Waals surface area contributed by atoms with E-state index in [1.165, 1.54) is 0 Å². The first-order chi connectivity index (χ1) is 4.84. The fourth-order valence-corrected chi connectivity index (χ4v) is 0.682. The Morgan fingerprint density at radius 1 is 1.60 bits per heavy atom. The van der Waals surface area contributed by atoms with Crippen LogP contribution in [0, 0.1) is 0 Å². The largest absolute Gasteiger partial charge is 0.327 e. The Balaban J connectivity index is 2.75. The van der Waals surface area contributed by atoms with Gasteiger partial charge in [0, 0.05) is 12.7 Å². The predicted octanol–water partition coefficient (Wildman–Crippen LogP) is 1.05. The van der Waals surface area contributed by atoms with Crippen LogP contribution in [0.4, 0.5) is 4.39 Å². The molecule has 2 nitrogen and oxygen atoms in total. The average Bonchev–Trinajstić information content (AvgIpc) is 2.05. The summed E-state index contributed by atoms with van der Waals surface area (Å²) in [4.78, 5) is 3.79. The van der Waals surface area contributed by atoms with Crippen molar-refractivity contribution in [3.63, 3.8) is 0 Å². The molecule has 0 aromatic carbocycles. The van der Waals surface area contributed by atoms with Crippen molar-refractivity contribution in [1.82, 2.24) is 4.98 Å². The Kier molecular flexibility index (Phi) is 2.34. The van der Waals surface area contributed by atoms with Gasteiger partial charge in [0.05, 0.1) is 5.69 Å². The molecule has 0 radical (unpaired) electrons. The van der Waals surface area contributed by atoms with Crippen molar-refractivity contribution in [2.75, 3.05) is 6.54 Å². The zero-order valence-electron chi connectivity index (χ0n) is 5.50. The molecule has 0 aliphatic rings. The maximum atomic E-state index is 12.7. The van der Waals surface area contributed by atoms with Crippen molar-refractivity contribution in [1.29, 1.82) is 0 Å². The standard InChI is InChI=1S/C7H9FN2/c8-6(5-9)7-3-1-2-4-10-7/h1-4,6H,5,9H2/t6-/m1/s1. The highest BCUT2D eigenvalue weighted by Crippen LogP contribution is 2.10. The first kappa shape index (κ1) is 7.15. The lowest BCUT2D eigenvalue weighted by Crippen LogP contribution is -2.08. The second kappa shape index (κ2) is 3.27. The van der Waals surface area contributed by atoms with Gasteiger partial charge in [-0.3, -0.25) is 4.98 Å². The van der Waals surface area contributed by atoms with Crippen molar-refractivity contribution in [3.8, 4) is 0 Å². The number of aromatic nitrogens is 1. The zero-order valence-corrected chi connectivity index (χ0v) is 5.50. The van der Waals surface area contributed by atoms with Crippen molar-refractivity contribution in [2.24, 2.45) is 5.73 Å². The smallest absolute Gasteiger partial charge is 0.154 e. The van der Waals surface area contributed by atoms with E-state index >= 15 is 0 Å². The van der Waals surface area contributed by atoms with Gasteiger partial charge in [-0.25, -0.2) is 4.39 Å². The fourth-order valence-electron chi connectivity index (χ4n) is 0.682. The van der Waals surface area contributed by atoms with Gasteiger partial charge in [0.25, 0.3) is 0 Å². The molecule has 1 rings (SSSR count). The summed E-state index contributed by atoms with van der Waals surface area (Å²) in [5.74, 6) is 0. The topological polar surface area (TPSA) is 38.9 Å². The van der Waals surface area contributed by atoms with Crippen LogP contribution in [0.5, 0.6) is 0 Å². The molecule has 0 spiro atoms. The lowest BCUT2D eigenvalue weighted by atomic mass is 10.2. The van der Waals surface area contributed by atoms with Gasteiger partial charge in [0.2, 0.25) is 0 Å². The first-order valence-electron chi connectivity index (χ1n) is 3.09. The molecule has 0 unspecified atom stereocenters. The maximum absolute atomic E-state index is 12.7. The minimum absolute atomic E-state index is 0.00296. The maximum Gasteiger partial charge on any atom is 0.154 e. The zero-order chi connectivity index (χ0) is 7.40. The van der Waals surface area contributed by atoms with Crippen molar-refractivity contribution in [2.45, 2.75) is 6.17 Å². The molecule has 2 N–H and O–H groups in total. The Morgan fingerprint density at radius 3 is 2.90 bits per heavy atom. The lowest BCUT2D eigenvalue weighted by molar-refractivity contribution is 0.345. The molecule has 1 aromatic rings. The summed E-state index contributed by atoms with van der Waals surface area (Å²) in [5, 5.41) is 0. The molecular formula is C7H9FN2. The third-order valence-electron chi connectivity index (χ3n) is 1.22. The lowest BCUT2D eigenvalue weighted by Gasteiger charge is -2.01. The summed E-state index contributed by atoms with van der Waals surface area (Å²) in [7, 11) is 0. The average molecular weight is 140 g/mol. The van der Waals surface area contributed by atoms with Crippen LogP contribution in [0.15, 0.2) is 24.4 Å². The van der Waals surface area contributed by atoms with Gasteiger partial charge in [-0.1, -0.05) is 6.07 Å². The third-order valence-corrected chi connectivity index (χ3v) is 1.22. The van der Waals surface area contributed by atoms with E-state index in [2.05, 4.69) is 4.98 Å². The van der Waals surface area contributed by atoms with Gasteiger partial charge < -0.3 is 5.73 Å². The summed E-state index contributed by atoms with van der Waals surface area (Å²) in [6.45, 7) is -0.00296. The quantitative estimate of drug-likeness (QED) is 0.666. The molecule has 1 heterocycles. The minimum Gasteiger partial charge on any atom is -0.327 e. The van der Waals surface area contributed by atoms with Crippen molar-refractivity contribution >= 4 is 0 Å². The molecule has 1 atom stereocenters. The number of nitrogens with two attached hydrogens (primary N) is 1. The van der Waals surface area contributed by atoms with Gasteiger partial charge in [-0.05, 0) is 12.1 Å². The summed E-state index contributed by atoms with van der Waals surface area (Å²) in [6.07, 6.45) is 0.429. The van der Waals surface area contributed by atoms with Crippen molar-refractivity contribution in [3.05, 3.63) is 30.1 Å². The van der Waals surface area contributed by atoms with E-state index in [1.54, 1.807) is 24.4 Å². The van der Waals surface area contributed by atoms with E-state index in [0.717, 1.165) is 0 Å². The normalized spacial score (nSPS) is 13.0. The van der Waals surface area contributed by atoms with E-state index < -0.39 is 6.17 Å². The first-order valence-corrected chi connectivity index (χ1v) is 3.09. The number of pyridine rings is 1. The van der Waals surface area contributed by atoms with Gasteiger partial charge >= 0.3 is 0 Å². The molecular weight excluding hydrogens is 131 g/mol. The highest BCUT2D eigenvalue weighted by Gasteiger charge is 2.05. The molecule has 0 amide bonds. The van der Waals surface area contributed by atoms with Crippen LogP contribution in [0.1, 0.15) is 11.9 Å². The number of nitrogens with zero attached hydrogens (tertiary/aromatic N) is 1. The van der Waals surface area contributed by atoms with Crippen LogP contribution < -0.4 is 5.73 Å². The molecule has 0 aliphatic heterocycles. The summed E-state index contributed by atoms with van der Waals surface area (Å²) < 4.78 is 12.7.